The Balaban J connectivity index is 2.16. The highest BCUT2D eigenvalue weighted by Crippen LogP contribution is 2.33. The average Bonchev–Trinajstić information content (AvgIpc) is 2.83. The highest BCUT2D eigenvalue weighted by Gasteiger charge is 2.19. The van der Waals surface area contributed by atoms with Crippen molar-refractivity contribution in [1.29, 1.82) is 0 Å². The van der Waals surface area contributed by atoms with Gasteiger partial charge in [0.1, 0.15) is 0 Å². The topological polar surface area (TPSA) is 42.4 Å². The fraction of sp³-hybridized carbons (Fsp3) is 0.286. The Kier molecular flexibility index (Phi) is 6.35. The van der Waals surface area contributed by atoms with Crippen molar-refractivity contribution >= 4 is 49.1 Å². The molecule has 2 aromatic heterocycles. The van der Waals surface area contributed by atoms with Crippen LogP contribution in [0, 0.1) is 0 Å². The summed E-state index contributed by atoms with van der Waals surface area (Å²) in [5.74, 6) is -0.0193. The minimum Gasteiger partial charge on any atom is -0.383 e. The van der Waals surface area contributed by atoms with Gasteiger partial charge in [-0.1, -0.05) is 6.07 Å². The first-order chi connectivity index (χ1) is 10.1. The van der Waals surface area contributed by atoms with Gasteiger partial charge in [-0.05, 0) is 50.1 Å². The number of carbonyl (C=O) groups is 1. The first-order valence-corrected chi connectivity index (χ1v) is 8.65. The van der Waals surface area contributed by atoms with Crippen molar-refractivity contribution in [1.82, 2.24) is 9.88 Å². The van der Waals surface area contributed by atoms with Crippen molar-refractivity contribution in [2.75, 3.05) is 20.3 Å². The highest BCUT2D eigenvalue weighted by molar-refractivity contribution is 9.13. The van der Waals surface area contributed by atoms with Gasteiger partial charge in [0.15, 0.2) is 0 Å². The molecule has 0 aliphatic heterocycles. The van der Waals surface area contributed by atoms with E-state index in [4.69, 9.17) is 4.74 Å². The van der Waals surface area contributed by atoms with Gasteiger partial charge in [0.05, 0.1) is 27.5 Å². The van der Waals surface area contributed by atoms with Crippen molar-refractivity contribution in [3.63, 3.8) is 0 Å². The Labute approximate surface area is 144 Å². The van der Waals surface area contributed by atoms with Gasteiger partial charge in [-0.15, -0.1) is 11.3 Å². The zero-order chi connectivity index (χ0) is 15.2. The molecule has 2 aromatic rings. The van der Waals surface area contributed by atoms with Gasteiger partial charge >= 0.3 is 0 Å². The van der Waals surface area contributed by atoms with E-state index in [1.807, 2.05) is 24.3 Å². The molecule has 21 heavy (non-hydrogen) atoms. The number of ether oxygens (including phenoxy) is 1. The second kappa shape index (κ2) is 8.03. The number of nitrogens with zero attached hydrogens (tertiary/aromatic N) is 2. The summed E-state index contributed by atoms with van der Waals surface area (Å²) in [6, 6.07) is 7.51. The van der Waals surface area contributed by atoms with Gasteiger partial charge in [-0.2, -0.15) is 0 Å². The summed E-state index contributed by atoms with van der Waals surface area (Å²) in [7, 11) is 1.63. The normalized spacial score (nSPS) is 10.6. The molecule has 0 radical (unpaired) electrons. The third-order valence-electron chi connectivity index (χ3n) is 2.79. The zero-order valence-electron chi connectivity index (χ0n) is 11.4. The monoisotopic (exact) mass is 432 g/mol. The summed E-state index contributed by atoms with van der Waals surface area (Å²) < 4.78 is 6.90. The van der Waals surface area contributed by atoms with Crippen molar-refractivity contribution in [2.45, 2.75) is 6.54 Å². The van der Waals surface area contributed by atoms with E-state index in [2.05, 4.69) is 36.8 Å². The smallest absolute Gasteiger partial charge is 0.264 e. The van der Waals surface area contributed by atoms with Crippen LogP contribution in [-0.4, -0.2) is 36.1 Å². The SMILES string of the molecule is COCCN(Cc1ccccn1)C(=O)c1cc(Br)c(Br)s1. The summed E-state index contributed by atoms with van der Waals surface area (Å²) in [5, 5.41) is 0. The second-order valence-corrected chi connectivity index (χ2v) is 7.50. The maximum absolute atomic E-state index is 12.6. The number of hydrogen-bond acceptors (Lipinski definition) is 4. The van der Waals surface area contributed by atoms with Crippen LogP contribution in [0.25, 0.3) is 0 Å². The average molecular weight is 434 g/mol. The van der Waals surface area contributed by atoms with Gasteiger partial charge in [-0.25, -0.2) is 0 Å². The van der Waals surface area contributed by atoms with Crippen LogP contribution in [0.1, 0.15) is 15.4 Å². The molecule has 2 heterocycles. The fourth-order valence-electron chi connectivity index (χ4n) is 1.75. The largest absolute Gasteiger partial charge is 0.383 e. The Morgan fingerprint density at radius 2 is 2.24 bits per heavy atom. The third-order valence-corrected chi connectivity index (χ3v) is 6.03. The summed E-state index contributed by atoms with van der Waals surface area (Å²) in [5.41, 5.74) is 0.858. The quantitative estimate of drug-likeness (QED) is 0.692. The minimum atomic E-state index is -0.0193. The first-order valence-electron chi connectivity index (χ1n) is 6.24. The van der Waals surface area contributed by atoms with Gasteiger partial charge in [0.2, 0.25) is 0 Å². The van der Waals surface area contributed by atoms with Crippen molar-refractivity contribution < 1.29 is 9.53 Å². The maximum atomic E-state index is 12.6. The van der Waals surface area contributed by atoms with E-state index >= 15 is 0 Å². The number of carbonyl (C=O) groups excluding carboxylic acids is 1. The van der Waals surface area contributed by atoms with Crippen LogP contribution in [0.3, 0.4) is 0 Å². The lowest BCUT2D eigenvalue weighted by atomic mass is 10.3. The van der Waals surface area contributed by atoms with E-state index in [0.29, 0.717) is 24.6 Å². The third kappa shape index (κ3) is 4.60. The molecule has 4 nitrogen and oxygen atoms in total. The Morgan fingerprint density at radius 3 is 2.81 bits per heavy atom. The first kappa shape index (κ1) is 16.6. The molecule has 0 aliphatic rings. The molecule has 7 heteroatoms. The molecule has 0 spiro atoms. The van der Waals surface area contributed by atoms with Crippen molar-refractivity contribution in [3.8, 4) is 0 Å². The maximum Gasteiger partial charge on any atom is 0.264 e. The van der Waals surface area contributed by atoms with Crippen molar-refractivity contribution in [3.05, 3.63) is 49.3 Å². The number of thiophene rings is 1. The Hall–Kier alpha value is -0.760. The van der Waals surface area contributed by atoms with E-state index in [1.165, 1.54) is 11.3 Å². The van der Waals surface area contributed by atoms with Gasteiger partial charge in [0.25, 0.3) is 5.91 Å². The molecule has 2 rings (SSSR count). The van der Waals surface area contributed by atoms with Gasteiger partial charge in [-0.3, -0.25) is 9.78 Å². The van der Waals surface area contributed by atoms with Gasteiger partial charge in [0, 0.05) is 24.3 Å². The number of hydrogen-bond donors (Lipinski definition) is 0. The predicted octanol–water partition coefficient (Wildman–Crippen LogP) is 3.96. The number of aromatic nitrogens is 1. The molecule has 0 saturated carbocycles. The summed E-state index contributed by atoms with van der Waals surface area (Å²) in [6.07, 6.45) is 1.73. The van der Waals surface area contributed by atoms with Crippen LogP contribution in [-0.2, 0) is 11.3 Å². The second-order valence-electron chi connectivity index (χ2n) is 4.27. The number of amides is 1. The van der Waals surface area contributed by atoms with Crippen molar-refractivity contribution in [2.24, 2.45) is 0 Å². The summed E-state index contributed by atoms with van der Waals surface area (Å²) in [4.78, 5) is 19.3. The molecule has 0 unspecified atom stereocenters. The molecule has 0 saturated heterocycles. The Bertz CT molecular complexity index is 585. The molecule has 112 valence electrons. The summed E-state index contributed by atoms with van der Waals surface area (Å²) in [6.45, 7) is 1.49. The lowest BCUT2D eigenvalue weighted by Crippen LogP contribution is -2.33. The highest BCUT2D eigenvalue weighted by atomic mass is 79.9. The fourth-order valence-corrected chi connectivity index (χ4v) is 3.75. The van der Waals surface area contributed by atoms with E-state index in [0.717, 1.165) is 14.0 Å². The van der Waals surface area contributed by atoms with Crippen LogP contribution in [0.5, 0.6) is 0 Å². The zero-order valence-corrected chi connectivity index (χ0v) is 15.4. The molecule has 0 N–H and O–H groups in total. The van der Waals surface area contributed by atoms with E-state index in [-0.39, 0.29) is 5.91 Å². The van der Waals surface area contributed by atoms with E-state index in [9.17, 15) is 4.79 Å². The molecule has 0 bridgehead atoms. The van der Waals surface area contributed by atoms with E-state index in [1.54, 1.807) is 18.2 Å². The molecule has 0 aliphatic carbocycles. The van der Waals surface area contributed by atoms with E-state index < -0.39 is 0 Å². The molecular weight excluding hydrogens is 420 g/mol. The number of pyridine rings is 1. The number of halogens is 2. The number of methoxy groups -OCH3 is 1. The van der Waals surface area contributed by atoms with Gasteiger partial charge < -0.3 is 9.64 Å². The molecule has 0 aromatic carbocycles. The summed E-state index contributed by atoms with van der Waals surface area (Å²) >= 11 is 8.24. The minimum absolute atomic E-state index is 0.0193. The van der Waals surface area contributed by atoms with Crippen LogP contribution >= 0.6 is 43.2 Å². The Morgan fingerprint density at radius 1 is 1.43 bits per heavy atom. The van der Waals surface area contributed by atoms with Crippen LogP contribution in [0.4, 0.5) is 0 Å². The molecule has 0 atom stereocenters. The number of rotatable bonds is 6. The van der Waals surface area contributed by atoms with Crippen LogP contribution < -0.4 is 0 Å². The molecular formula is C14H14Br2N2O2S. The predicted molar refractivity (Wildman–Crippen MR) is 90.6 cm³/mol. The van der Waals surface area contributed by atoms with Crippen LogP contribution in [0.2, 0.25) is 0 Å². The molecule has 1 amide bonds. The standard InChI is InChI=1S/C14H14Br2N2O2S/c1-20-7-6-18(9-10-4-2-3-5-17-10)14(19)12-8-11(15)13(16)21-12/h2-5,8H,6-7,9H2,1H3. The molecule has 0 fully saturated rings. The lowest BCUT2D eigenvalue weighted by Gasteiger charge is -2.21. The van der Waals surface area contributed by atoms with Crippen LogP contribution in [0.15, 0.2) is 38.7 Å². The lowest BCUT2D eigenvalue weighted by molar-refractivity contribution is 0.0682.